The van der Waals surface area contributed by atoms with E-state index in [0.717, 1.165) is 0 Å². The van der Waals surface area contributed by atoms with Gasteiger partial charge in [-0.15, -0.1) is 6.58 Å². The number of rotatable bonds is 5. The molecule has 146 valence electrons. The van der Waals surface area contributed by atoms with Crippen molar-refractivity contribution in [3.8, 4) is 0 Å². The van der Waals surface area contributed by atoms with Crippen LogP contribution in [0.25, 0.3) is 0 Å². The van der Waals surface area contributed by atoms with Gasteiger partial charge in [-0.1, -0.05) is 6.08 Å². The van der Waals surface area contributed by atoms with E-state index in [-0.39, 0.29) is 16.0 Å². The second-order valence-corrected chi connectivity index (χ2v) is 6.96. The highest BCUT2D eigenvalue weighted by atomic mass is 32.2. The molecule has 0 heterocycles. The van der Waals surface area contributed by atoms with Gasteiger partial charge in [-0.3, -0.25) is 14.8 Å². The van der Waals surface area contributed by atoms with Crippen LogP contribution < -0.4 is 21.3 Å². The number of anilines is 2. The van der Waals surface area contributed by atoms with E-state index in [1.807, 2.05) is 0 Å². The molecule has 2 amide bonds. The molecule has 0 saturated carbocycles. The summed E-state index contributed by atoms with van der Waals surface area (Å²) in [4.78, 5) is 23.0. The first-order chi connectivity index (χ1) is 12.8. The molecular formula is C15H18N4O5S3. The van der Waals surface area contributed by atoms with E-state index >= 15 is 0 Å². The van der Waals surface area contributed by atoms with Crippen molar-refractivity contribution in [2.75, 3.05) is 30.6 Å². The smallest absolute Gasteiger partial charge is 0.413 e. The zero-order chi connectivity index (χ0) is 20.4. The van der Waals surface area contributed by atoms with Gasteiger partial charge in [-0.05, 0) is 42.6 Å². The standard InChI is InChI=1S/C15H18N4O5S3/c1-4-7-27(22)9-5-6-10(16-12(25)18-14(20)23-2)11(8-9)17-13(26)19-15(21)24-3/h4-6,8H,1,7H2,2-3H3,(H2,16,18,20,25)(H2,17,19,21,26). The van der Waals surface area contributed by atoms with E-state index in [2.05, 4.69) is 37.3 Å². The van der Waals surface area contributed by atoms with Crippen LogP contribution in [0.2, 0.25) is 0 Å². The van der Waals surface area contributed by atoms with Gasteiger partial charge in [0.1, 0.15) is 0 Å². The summed E-state index contributed by atoms with van der Waals surface area (Å²) in [5, 5.41) is 10.1. The summed E-state index contributed by atoms with van der Waals surface area (Å²) in [6.45, 7) is 3.56. The van der Waals surface area contributed by atoms with Crippen molar-refractivity contribution in [3.05, 3.63) is 30.9 Å². The molecule has 1 aromatic rings. The Balaban J connectivity index is 3.08. The summed E-state index contributed by atoms with van der Waals surface area (Å²) >= 11 is 10.1. The van der Waals surface area contributed by atoms with Gasteiger partial charge < -0.3 is 20.1 Å². The van der Waals surface area contributed by atoms with Crippen molar-refractivity contribution in [2.45, 2.75) is 4.90 Å². The van der Waals surface area contributed by atoms with Gasteiger partial charge in [-0.25, -0.2) is 9.59 Å². The Morgan fingerprint density at radius 2 is 1.59 bits per heavy atom. The molecule has 0 bridgehead atoms. The Hall–Kier alpha value is -2.57. The quantitative estimate of drug-likeness (QED) is 0.411. The highest BCUT2D eigenvalue weighted by molar-refractivity contribution is 7.85. The summed E-state index contributed by atoms with van der Waals surface area (Å²) in [7, 11) is 1.08. The molecule has 12 heteroatoms. The number of methoxy groups -OCH3 is 2. The van der Waals surface area contributed by atoms with Crippen LogP contribution in [0, 0.1) is 0 Å². The Morgan fingerprint density at radius 3 is 2.07 bits per heavy atom. The van der Waals surface area contributed by atoms with E-state index in [4.69, 9.17) is 24.4 Å². The summed E-state index contributed by atoms with van der Waals surface area (Å²) in [6.07, 6.45) is 0.0404. The fourth-order valence-electron chi connectivity index (χ4n) is 1.68. The first-order valence-electron chi connectivity index (χ1n) is 7.26. The molecule has 0 aliphatic carbocycles. The molecule has 0 aromatic heterocycles. The number of benzene rings is 1. The molecule has 1 unspecified atom stereocenters. The summed E-state index contributed by atoms with van der Waals surface area (Å²) < 4.78 is 21.1. The van der Waals surface area contributed by atoms with Crippen LogP contribution in [-0.4, -0.2) is 46.6 Å². The molecule has 0 saturated heterocycles. The number of carbonyl (C=O) groups is 2. The maximum Gasteiger partial charge on any atom is 0.413 e. The van der Waals surface area contributed by atoms with Crippen molar-refractivity contribution >= 4 is 69.0 Å². The summed E-state index contributed by atoms with van der Waals surface area (Å²) in [5.41, 5.74) is 0.769. The number of ether oxygens (including phenoxy) is 2. The van der Waals surface area contributed by atoms with Crippen LogP contribution >= 0.6 is 24.4 Å². The van der Waals surface area contributed by atoms with Crippen LogP contribution in [0.1, 0.15) is 0 Å². The number of alkyl carbamates (subject to hydrolysis) is 2. The van der Waals surface area contributed by atoms with Crippen LogP contribution in [0.4, 0.5) is 21.0 Å². The van der Waals surface area contributed by atoms with Crippen molar-refractivity contribution in [3.63, 3.8) is 0 Å². The van der Waals surface area contributed by atoms with Gasteiger partial charge >= 0.3 is 12.2 Å². The Kier molecular flexibility index (Phi) is 9.33. The number of hydrogen-bond donors (Lipinski definition) is 4. The number of nitrogens with one attached hydrogen (secondary N) is 4. The third-order valence-electron chi connectivity index (χ3n) is 2.82. The molecular weight excluding hydrogens is 412 g/mol. The van der Waals surface area contributed by atoms with Crippen molar-refractivity contribution < 1.29 is 23.3 Å². The minimum atomic E-state index is -1.32. The highest BCUT2D eigenvalue weighted by Crippen LogP contribution is 2.25. The number of thiocarbonyl (C=S) groups is 2. The lowest BCUT2D eigenvalue weighted by Crippen LogP contribution is -2.35. The van der Waals surface area contributed by atoms with Gasteiger partial charge in [0.15, 0.2) is 10.2 Å². The Bertz CT molecular complexity index is 785. The van der Waals surface area contributed by atoms with Crippen molar-refractivity contribution in [2.24, 2.45) is 0 Å². The molecule has 0 fully saturated rings. The molecule has 0 aliphatic heterocycles. The van der Waals surface area contributed by atoms with Crippen LogP contribution in [0.3, 0.4) is 0 Å². The topological polar surface area (TPSA) is 118 Å². The summed E-state index contributed by atoms with van der Waals surface area (Å²) in [5.74, 6) is 0.263. The average molecular weight is 431 g/mol. The summed E-state index contributed by atoms with van der Waals surface area (Å²) in [6, 6.07) is 4.77. The number of carbonyl (C=O) groups excluding carboxylic acids is 2. The molecule has 9 nitrogen and oxygen atoms in total. The Morgan fingerprint density at radius 1 is 1.07 bits per heavy atom. The molecule has 27 heavy (non-hydrogen) atoms. The van der Waals surface area contributed by atoms with Crippen LogP contribution in [0.15, 0.2) is 35.7 Å². The zero-order valence-corrected chi connectivity index (χ0v) is 16.9. The zero-order valence-electron chi connectivity index (χ0n) is 14.5. The lowest BCUT2D eigenvalue weighted by Gasteiger charge is -2.16. The van der Waals surface area contributed by atoms with E-state index in [9.17, 15) is 13.8 Å². The maximum atomic E-state index is 12.2. The highest BCUT2D eigenvalue weighted by Gasteiger charge is 2.13. The molecule has 1 aromatic carbocycles. The van der Waals surface area contributed by atoms with E-state index in [1.54, 1.807) is 18.2 Å². The third kappa shape index (κ3) is 7.68. The number of hydrogen-bond acceptors (Lipinski definition) is 7. The van der Waals surface area contributed by atoms with Crippen LogP contribution in [-0.2, 0) is 20.3 Å². The first-order valence-corrected chi connectivity index (χ1v) is 9.39. The van der Waals surface area contributed by atoms with Gasteiger partial charge in [0.25, 0.3) is 0 Å². The molecule has 4 N–H and O–H groups in total. The first kappa shape index (κ1) is 22.5. The van der Waals surface area contributed by atoms with E-state index in [1.165, 1.54) is 20.3 Å². The SMILES string of the molecule is C=CCS(=O)c1ccc(NC(=S)NC(=O)OC)c(NC(=S)NC(=O)OC)c1. The minimum absolute atomic E-state index is 0.0308. The van der Waals surface area contributed by atoms with Gasteiger partial charge in [0, 0.05) is 10.6 Å². The molecule has 1 atom stereocenters. The Labute approximate surface area is 169 Å². The van der Waals surface area contributed by atoms with Gasteiger partial charge in [0.05, 0.1) is 36.4 Å². The predicted octanol–water partition coefficient (Wildman–Crippen LogP) is 2.09. The monoisotopic (exact) mass is 430 g/mol. The largest absolute Gasteiger partial charge is 0.453 e. The number of amides is 2. The second-order valence-electron chi connectivity index (χ2n) is 4.65. The van der Waals surface area contributed by atoms with E-state index < -0.39 is 23.0 Å². The van der Waals surface area contributed by atoms with Crippen molar-refractivity contribution in [1.29, 1.82) is 0 Å². The second kappa shape index (κ2) is 11.2. The predicted molar refractivity (Wildman–Crippen MR) is 111 cm³/mol. The maximum absolute atomic E-state index is 12.2. The minimum Gasteiger partial charge on any atom is -0.453 e. The fourth-order valence-corrected chi connectivity index (χ4v) is 2.94. The van der Waals surface area contributed by atoms with Crippen LogP contribution in [0.5, 0.6) is 0 Å². The molecule has 0 aliphatic rings. The van der Waals surface area contributed by atoms with E-state index in [0.29, 0.717) is 16.3 Å². The molecule has 0 radical (unpaired) electrons. The van der Waals surface area contributed by atoms with Gasteiger partial charge in [-0.2, -0.15) is 0 Å². The fraction of sp³-hybridized carbons (Fsp3) is 0.200. The van der Waals surface area contributed by atoms with Gasteiger partial charge in [0.2, 0.25) is 0 Å². The lowest BCUT2D eigenvalue weighted by atomic mass is 10.2. The molecule has 0 spiro atoms. The third-order valence-corrected chi connectivity index (χ3v) is 4.55. The van der Waals surface area contributed by atoms with Crippen molar-refractivity contribution in [1.82, 2.24) is 10.6 Å². The molecule has 1 rings (SSSR count). The average Bonchev–Trinajstić information content (AvgIpc) is 2.62. The lowest BCUT2D eigenvalue weighted by molar-refractivity contribution is 0.176. The normalized spacial score (nSPS) is 10.7.